The van der Waals surface area contributed by atoms with E-state index in [2.05, 4.69) is 39.3 Å². The lowest BCUT2D eigenvalue weighted by atomic mass is 10.2. The zero-order valence-corrected chi connectivity index (χ0v) is 20.0. The Kier molecular flexibility index (Phi) is 7.29. The van der Waals surface area contributed by atoms with E-state index >= 15 is 0 Å². The highest BCUT2D eigenvalue weighted by molar-refractivity contribution is 8.01. The average Bonchev–Trinajstić information content (AvgIpc) is 3.18. The van der Waals surface area contributed by atoms with Crippen LogP contribution in [0.2, 0.25) is 0 Å². The number of thiazole rings is 1. The minimum Gasteiger partial charge on any atom is -0.372 e. The van der Waals surface area contributed by atoms with E-state index in [0.717, 1.165) is 45.1 Å². The molecule has 0 bridgehead atoms. The van der Waals surface area contributed by atoms with Gasteiger partial charge in [-0.05, 0) is 56.7 Å². The number of aryl methyl sites for hydroxylation is 1. The smallest absolute Gasteiger partial charge is 0.319 e. The molecule has 2 atom stereocenters. The van der Waals surface area contributed by atoms with Crippen molar-refractivity contribution in [1.82, 2.24) is 15.3 Å². The summed E-state index contributed by atoms with van der Waals surface area (Å²) in [6.07, 6.45) is 2.19. The van der Waals surface area contributed by atoms with E-state index in [-0.39, 0.29) is 18.2 Å². The summed E-state index contributed by atoms with van der Waals surface area (Å²) in [6.45, 7) is 8.21. The fraction of sp³-hybridized carbons (Fsp3) is 0.348. The third kappa shape index (κ3) is 6.21. The first kappa shape index (κ1) is 22.6. The summed E-state index contributed by atoms with van der Waals surface area (Å²) in [5.41, 5.74) is 2.72. The molecule has 0 radical (unpaired) electrons. The number of urea groups is 1. The highest BCUT2D eigenvalue weighted by atomic mass is 32.2. The molecule has 0 saturated carbocycles. The number of benzene rings is 1. The summed E-state index contributed by atoms with van der Waals surface area (Å²) >= 11 is 3.25. The van der Waals surface area contributed by atoms with Crippen LogP contribution in [0, 0.1) is 6.92 Å². The molecule has 9 heteroatoms. The maximum atomic E-state index is 12.3. The summed E-state index contributed by atoms with van der Waals surface area (Å²) in [4.78, 5) is 24.6. The maximum absolute atomic E-state index is 12.3. The van der Waals surface area contributed by atoms with Gasteiger partial charge in [0.1, 0.15) is 5.82 Å². The minimum atomic E-state index is -0.249. The molecule has 1 fully saturated rings. The largest absolute Gasteiger partial charge is 0.372 e. The van der Waals surface area contributed by atoms with Gasteiger partial charge in [0.25, 0.3) is 0 Å². The number of aromatic nitrogens is 2. The van der Waals surface area contributed by atoms with Gasteiger partial charge in [-0.1, -0.05) is 17.8 Å². The Morgan fingerprint density at radius 1 is 1.19 bits per heavy atom. The summed E-state index contributed by atoms with van der Waals surface area (Å²) in [5.74, 6) is 0.936. The van der Waals surface area contributed by atoms with E-state index in [9.17, 15) is 4.79 Å². The number of ether oxygens (including phenoxy) is 1. The predicted octanol–water partition coefficient (Wildman–Crippen LogP) is 4.93. The highest BCUT2D eigenvalue weighted by Crippen LogP contribution is 2.30. The van der Waals surface area contributed by atoms with Crippen LogP contribution in [0.1, 0.15) is 25.1 Å². The first-order valence-corrected chi connectivity index (χ1v) is 12.2. The molecule has 2 unspecified atom stereocenters. The molecule has 0 spiro atoms. The maximum Gasteiger partial charge on any atom is 0.319 e. The molecule has 3 aromatic rings. The second kappa shape index (κ2) is 10.3. The third-order valence-electron chi connectivity index (χ3n) is 4.92. The molecular formula is C23H27N5O2S2. The molecule has 7 nitrogen and oxygen atoms in total. The average molecular weight is 470 g/mol. The molecule has 1 aromatic carbocycles. The van der Waals surface area contributed by atoms with Gasteiger partial charge in [0.15, 0.2) is 4.34 Å². The predicted molar refractivity (Wildman–Crippen MR) is 130 cm³/mol. The number of carbonyl (C=O) groups excluding carboxylic acids is 1. The first-order chi connectivity index (χ1) is 15.4. The Bertz CT molecular complexity index is 1030. The van der Waals surface area contributed by atoms with Crippen LogP contribution in [0.3, 0.4) is 0 Å². The zero-order chi connectivity index (χ0) is 22.5. The van der Waals surface area contributed by atoms with Gasteiger partial charge in [0.2, 0.25) is 0 Å². The normalized spacial score (nSPS) is 18.4. The number of rotatable bonds is 6. The van der Waals surface area contributed by atoms with Crippen LogP contribution in [0.5, 0.6) is 0 Å². The fourth-order valence-electron chi connectivity index (χ4n) is 3.52. The standard InChI is InChI=1S/C23H27N5O2S2/c1-15-14-31-23(26-15)32-20-7-5-19(6-8-20)27-22(29)25-11-18-4-9-21(24-10-18)28-12-16(2)30-17(3)13-28/h4-10,14,16-17H,11-13H2,1-3H3,(H2,25,27,29). The number of pyridine rings is 1. The number of morpholine rings is 1. The molecule has 4 rings (SSSR count). The SMILES string of the molecule is Cc1csc(Sc2ccc(NC(=O)NCc3ccc(N4CC(C)OC(C)C4)nc3)cc2)n1. The number of hydrogen-bond donors (Lipinski definition) is 2. The number of carbonyl (C=O) groups is 1. The van der Waals surface area contributed by atoms with Crippen molar-refractivity contribution in [2.24, 2.45) is 0 Å². The van der Waals surface area contributed by atoms with Crippen LogP contribution < -0.4 is 15.5 Å². The number of anilines is 2. The van der Waals surface area contributed by atoms with Crippen molar-refractivity contribution in [2.45, 2.75) is 48.8 Å². The van der Waals surface area contributed by atoms with E-state index in [1.165, 1.54) is 0 Å². The summed E-state index contributed by atoms with van der Waals surface area (Å²) in [5, 5.41) is 7.78. The Morgan fingerprint density at radius 3 is 2.56 bits per heavy atom. The zero-order valence-electron chi connectivity index (χ0n) is 18.4. The van der Waals surface area contributed by atoms with Crippen LogP contribution in [-0.4, -0.2) is 41.3 Å². The molecule has 2 amide bonds. The second-order valence-corrected chi connectivity index (χ2v) is 10.1. The van der Waals surface area contributed by atoms with Crippen molar-refractivity contribution in [1.29, 1.82) is 0 Å². The highest BCUT2D eigenvalue weighted by Gasteiger charge is 2.22. The van der Waals surface area contributed by atoms with Crippen molar-refractivity contribution in [3.05, 3.63) is 59.2 Å². The Balaban J connectivity index is 1.25. The van der Waals surface area contributed by atoms with Gasteiger partial charge >= 0.3 is 6.03 Å². The second-order valence-electron chi connectivity index (χ2n) is 7.88. The molecule has 32 heavy (non-hydrogen) atoms. The van der Waals surface area contributed by atoms with Gasteiger partial charge < -0.3 is 20.3 Å². The van der Waals surface area contributed by atoms with Gasteiger partial charge in [0.05, 0.1) is 12.2 Å². The fourth-order valence-corrected chi connectivity index (χ4v) is 5.33. The summed E-state index contributed by atoms with van der Waals surface area (Å²) < 4.78 is 6.79. The molecule has 0 aliphatic carbocycles. The van der Waals surface area contributed by atoms with Crippen molar-refractivity contribution in [3.8, 4) is 0 Å². The monoisotopic (exact) mass is 469 g/mol. The molecule has 2 aromatic heterocycles. The van der Waals surface area contributed by atoms with Gasteiger partial charge in [-0.2, -0.15) is 0 Å². The molecule has 1 aliphatic rings. The topological polar surface area (TPSA) is 79.4 Å². The number of nitrogens with one attached hydrogen (secondary N) is 2. The molecule has 168 valence electrons. The summed E-state index contributed by atoms with van der Waals surface area (Å²) in [7, 11) is 0. The Morgan fingerprint density at radius 2 is 1.94 bits per heavy atom. The van der Waals surface area contributed by atoms with E-state index < -0.39 is 0 Å². The lowest BCUT2D eigenvalue weighted by molar-refractivity contribution is -0.00546. The van der Waals surface area contributed by atoms with E-state index in [1.54, 1.807) is 23.1 Å². The number of hydrogen-bond acceptors (Lipinski definition) is 7. The van der Waals surface area contributed by atoms with Crippen LogP contribution in [0.15, 0.2) is 57.2 Å². The third-order valence-corrected chi connectivity index (χ3v) is 6.99. The Hall–Kier alpha value is -2.62. The molecule has 1 aliphatic heterocycles. The van der Waals surface area contributed by atoms with Crippen LogP contribution in [0.25, 0.3) is 0 Å². The van der Waals surface area contributed by atoms with Crippen LogP contribution >= 0.6 is 23.1 Å². The molecular weight excluding hydrogens is 442 g/mol. The quantitative estimate of drug-likeness (QED) is 0.533. The van der Waals surface area contributed by atoms with Crippen molar-refractivity contribution < 1.29 is 9.53 Å². The molecule has 1 saturated heterocycles. The Labute approximate surface area is 196 Å². The number of amides is 2. The van der Waals surface area contributed by atoms with Crippen LogP contribution in [-0.2, 0) is 11.3 Å². The molecule has 3 heterocycles. The van der Waals surface area contributed by atoms with E-state index in [1.807, 2.05) is 54.9 Å². The lowest BCUT2D eigenvalue weighted by Crippen LogP contribution is -2.45. The van der Waals surface area contributed by atoms with Gasteiger partial charge in [-0.15, -0.1) is 11.3 Å². The molecule has 2 N–H and O–H groups in total. The van der Waals surface area contributed by atoms with Crippen molar-refractivity contribution >= 4 is 40.6 Å². The number of nitrogens with zero attached hydrogens (tertiary/aromatic N) is 3. The van der Waals surface area contributed by atoms with E-state index in [4.69, 9.17) is 4.74 Å². The van der Waals surface area contributed by atoms with Crippen molar-refractivity contribution in [3.63, 3.8) is 0 Å². The van der Waals surface area contributed by atoms with E-state index in [0.29, 0.717) is 6.54 Å². The van der Waals surface area contributed by atoms with Crippen LogP contribution in [0.4, 0.5) is 16.3 Å². The summed E-state index contributed by atoms with van der Waals surface area (Å²) in [6, 6.07) is 11.5. The minimum absolute atomic E-state index is 0.190. The van der Waals surface area contributed by atoms with Gasteiger partial charge in [-0.25, -0.2) is 14.8 Å². The first-order valence-electron chi connectivity index (χ1n) is 10.5. The lowest BCUT2D eigenvalue weighted by Gasteiger charge is -2.36. The van der Waals surface area contributed by atoms with Gasteiger partial charge in [-0.3, -0.25) is 0 Å². The van der Waals surface area contributed by atoms with Crippen molar-refractivity contribution in [2.75, 3.05) is 23.3 Å². The van der Waals surface area contributed by atoms with Gasteiger partial charge in [0, 0.05) is 47.5 Å².